The van der Waals surface area contributed by atoms with Crippen LogP contribution >= 0.6 is 0 Å². The molecule has 1 aliphatic rings. The van der Waals surface area contributed by atoms with E-state index < -0.39 is 0 Å². The summed E-state index contributed by atoms with van der Waals surface area (Å²) in [5.74, 6) is 0. The quantitative estimate of drug-likeness (QED) is 0.160. The van der Waals surface area contributed by atoms with E-state index in [0.717, 1.165) is 12.8 Å². The van der Waals surface area contributed by atoms with Crippen molar-refractivity contribution in [3.63, 3.8) is 0 Å². The number of hydrogen-bond acceptors (Lipinski definition) is 1. The lowest BCUT2D eigenvalue weighted by Gasteiger charge is -2.29. The SMILES string of the molecule is C1=C(c2ccc(-c3ccc4c(-c5cccc6ccccc56)c5ccccc5c(-c5cccc6ccccc56)c4c3)cc2)N(c2ccccc2)c2ccccc2CC1. The summed E-state index contributed by atoms with van der Waals surface area (Å²) in [6.45, 7) is 0. The average molecular weight is 726 g/mol. The summed E-state index contributed by atoms with van der Waals surface area (Å²) in [6.07, 6.45) is 4.42. The van der Waals surface area contributed by atoms with Gasteiger partial charge in [-0.05, 0) is 125 Å². The van der Waals surface area contributed by atoms with Crippen LogP contribution in [0.2, 0.25) is 0 Å². The molecule has 0 aromatic heterocycles. The lowest BCUT2D eigenvalue weighted by atomic mass is 9.83. The van der Waals surface area contributed by atoms with Crippen molar-refractivity contribution in [1.82, 2.24) is 0 Å². The first-order valence-electron chi connectivity index (χ1n) is 20.0. The van der Waals surface area contributed by atoms with Crippen LogP contribution in [0.3, 0.4) is 0 Å². The molecule has 0 unspecified atom stereocenters. The fourth-order valence-corrected chi connectivity index (χ4v) is 9.29. The smallest absolute Gasteiger partial charge is 0.0494 e. The number of allylic oxidation sites excluding steroid dienone is 1. The zero-order valence-corrected chi connectivity index (χ0v) is 31.6. The fraction of sp³-hybridized carbons (Fsp3) is 0.0357. The second-order valence-electron chi connectivity index (χ2n) is 15.1. The predicted molar refractivity (Wildman–Crippen MR) is 244 cm³/mol. The topological polar surface area (TPSA) is 3.24 Å². The highest BCUT2D eigenvalue weighted by Gasteiger charge is 2.23. The van der Waals surface area contributed by atoms with Gasteiger partial charge in [0.2, 0.25) is 0 Å². The molecule has 268 valence electrons. The van der Waals surface area contributed by atoms with E-state index in [4.69, 9.17) is 0 Å². The molecule has 0 radical (unpaired) electrons. The van der Waals surface area contributed by atoms with E-state index in [0.29, 0.717) is 0 Å². The minimum atomic E-state index is 0.992. The summed E-state index contributed by atoms with van der Waals surface area (Å²) in [5.41, 5.74) is 13.7. The second-order valence-corrected chi connectivity index (χ2v) is 15.1. The molecule has 1 heteroatoms. The van der Waals surface area contributed by atoms with Crippen molar-refractivity contribution in [2.24, 2.45) is 0 Å². The Balaban J connectivity index is 1.12. The molecule has 0 aliphatic carbocycles. The van der Waals surface area contributed by atoms with Crippen molar-refractivity contribution in [1.29, 1.82) is 0 Å². The first-order chi connectivity index (χ1) is 28.3. The standard InChI is InChI=1S/C56H39N/c1-2-21-44(22-3-1)57-53-29-11-6-17-41(53)20-14-30-54(57)42-33-31-38(32-34-42)43-35-36-51-52(37-43)56(48-28-13-19-40-16-5-8-24-46(40)48)50-26-10-9-25-49(50)55(51)47-27-12-18-39-15-4-7-23-45(39)47/h1-13,15-19,21-37H,14,20H2. The maximum atomic E-state index is 2.44. The van der Waals surface area contributed by atoms with Gasteiger partial charge in [-0.2, -0.15) is 0 Å². The molecule has 1 nitrogen and oxygen atoms in total. The minimum Gasteiger partial charge on any atom is -0.310 e. The molecule has 0 bridgehead atoms. The average Bonchev–Trinajstić information content (AvgIpc) is 3.48. The number of nitrogens with zero attached hydrogens (tertiary/aromatic N) is 1. The Morgan fingerprint density at radius 3 is 1.54 bits per heavy atom. The van der Waals surface area contributed by atoms with E-state index in [1.54, 1.807) is 0 Å². The van der Waals surface area contributed by atoms with Gasteiger partial charge in [0.1, 0.15) is 0 Å². The van der Waals surface area contributed by atoms with Crippen LogP contribution in [0.1, 0.15) is 17.5 Å². The fourth-order valence-electron chi connectivity index (χ4n) is 9.29. The van der Waals surface area contributed by atoms with Crippen molar-refractivity contribution in [3.8, 4) is 33.4 Å². The summed E-state index contributed by atoms with van der Waals surface area (Å²) in [6, 6.07) is 76.0. The molecule has 10 aromatic carbocycles. The molecular formula is C56H39N. The van der Waals surface area contributed by atoms with E-state index in [1.165, 1.54) is 105 Å². The molecule has 0 N–H and O–H groups in total. The molecule has 10 aromatic rings. The zero-order chi connectivity index (χ0) is 37.7. The first-order valence-corrected chi connectivity index (χ1v) is 20.0. The molecule has 0 atom stereocenters. The van der Waals surface area contributed by atoms with Crippen molar-refractivity contribution >= 4 is 60.2 Å². The number of benzene rings is 10. The molecule has 0 saturated heterocycles. The van der Waals surface area contributed by atoms with Crippen LogP contribution in [0.25, 0.3) is 82.2 Å². The molecular weight excluding hydrogens is 687 g/mol. The summed E-state index contributed by atoms with van der Waals surface area (Å²) in [4.78, 5) is 2.43. The van der Waals surface area contributed by atoms with Gasteiger partial charge in [-0.25, -0.2) is 0 Å². The summed E-state index contributed by atoms with van der Waals surface area (Å²) >= 11 is 0. The third-order valence-electron chi connectivity index (χ3n) is 11.9. The maximum absolute atomic E-state index is 2.44. The van der Waals surface area contributed by atoms with Crippen LogP contribution in [0.15, 0.2) is 212 Å². The van der Waals surface area contributed by atoms with Gasteiger partial charge in [-0.15, -0.1) is 0 Å². The van der Waals surface area contributed by atoms with Gasteiger partial charge >= 0.3 is 0 Å². The van der Waals surface area contributed by atoms with E-state index in [9.17, 15) is 0 Å². The third kappa shape index (κ3) is 5.62. The maximum Gasteiger partial charge on any atom is 0.0494 e. The third-order valence-corrected chi connectivity index (χ3v) is 11.9. The van der Waals surface area contributed by atoms with Crippen LogP contribution < -0.4 is 4.90 Å². The molecule has 0 amide bonds. The molecule has 0 spiro atoms. The van der Waals surface area contributed by atoms with Gasteiger partial charge in [0.15, 0.2) is 0 Å². The normalized spacial score (nSPS) is 12.8. The number of anilines is 2. The highest BCUT2D eigenvalue weighted by molar-refractivity contribution is 6.25. The lowest BCUT2D eigenvalue weighted by molar-refractivity contribution is 1.01. The second kappa shape index (κ2) is 13.8. The number of para-hydroxylation sites is 2. The van der Waals surface area contributed by atoms with Gasteiger partial charge in [-0.3, -0.25) is 0 Å². The van der Waals surface area contributed by atoms with Gasteiger partial charge in [-0.1, -0.05) is 188 Å². The van der Waals surface area contributed by atoms with Crippen LogP contribution in [0.4, 0.5) is 11.4 Å². The Morgan fingerprint density at radius 1 is 0.351 bits per heavy atom. The molecule has 0 saturated carbocycles. The highest BCUT2D eigenvalue weighted by Crippen LogP contribution is 2.48. The summed E-state index contributed by atoms with van der Waals surface area (Å²) < 4.78 is 0. The molecule has 11 rings (SSSR count). The Morgan fingerprint density at radius 2 is 0.860 bits per heavy atom. The van der Waals surface area contributed by atoms with Gasteiger partial charge < -0.3 is 4.90 Å². The Labute approximate surface area is 333 Å². The summed E-state index contributed by atoms with van der Waals surface area (Å²) in [7, 11) is 0. The van der Waals surface area contributed by atoms with Gasteiger partial charge in [0.25, 0.3) is 0 Å². The Bertz CT molecular complexity index is 3160. The molecule has 0 fully saturated rings. The van der Waals surface area contributed by atoms with Crippen LogP contribution in [-0.2, 0) is 6.42 Å². The predicted octanol–water partition coefficient (Wildman–Crippen LogP) is 15.4. The first kappa shape index (κ1) is 33.1. The molecule has 1 aliphatic heterocycles. The van der Waals surface area contributed by atoms with Gasteiger partial charge in [0.05, 0.1) is 0 Å². The van der Waals surface area contributed by atoms with E-state index in [-0.39, 0.29) is 0 Å². The van der Waals surface area contributed by atoms with Crippen molar-refractivity contribution in [3.05, 3.63) is 223 Å². The summed E-state index contributed by atoms with van der Waals surface area (Å²) in [5, 5.41) is 10.1. The van der Waals surface area contributed by atoms with Crippen molar-refractivity contribution in [2.45, 2.75) is 12.8 Å². The van der Waals surface area contributed by atoms with E-state index >= 15 is 0 Å². The molecule has 57 heavy (non-hydrogen) atoms. The Hall–Kier alpha value is -7.22. The van der Waals surface area contributed by atoms with Gasteiger partial charge in [0, 0.05) is 17.1 Å². The largest absolute Gasteiger partial charge is 0.310 e. The van der Waals surface area contributed by atoms with E-state index in [1.807, 2.05) is 0 Å². The van der Waals surface area contributed by atoms with E-state index in [2.05, 4.69) is 217 Å². The number of fused-ring (bicyclic) bond motifs is 5. The van der Waals surface area contributed by atoms with Crippen LogP contribution in [0.5, 0.6) is 0 Å². The monoisotopic (exact) mass is 725 g/mol. The van der Waals surface area contributed by atoms with Crippen molar-refractivity contribution < 1.29 is 0 Å². The van der Waals surface area contributed by atoms with Crippen LogP contribution in [0, 0.1) is 0 Å². The highest BCUT2D eigenvalue weighted by atomic mass is 15.2. The van der Waals surface area contributed by atoms with Crippen LogP contribution in [-0.4, -0.2) is 0 Å². The zero-order valence-electron chi connectivity index (χ0n) is 31.6. The number of rotatable bonds is 5. The number of aryl methyl sites for hydroxylation is 1. The minimum absolute atomic E-state index is 0.992. The Kier molecular flexibility index (Phi) is 8.03. The lowest BCUT2D eigenvalue weighted by Crippen LogP contribution is -2.15. The number of hydrogen-bond donors (Lipinski definition) is 0. The van der Waals surface area contributed by atoms with Crippen molar-refractivity contribution in [2.75, 3.05) is 4.90 Å². The molecule has 1 heterocycles.